The Morgan fingerprint density at radius 1 is 1.04 bits per heavy atom. The molecule has 2 amide bonds. The highest BCUT2D eigenvalue weighted by molar-refractivity contribution is 7.89. The molecule has 3 rings (SSSR count). The molecular formula is C18H28N4O4S2. The summed E-state index contributed by atoms with van der Waals surface area (Å²) in [6.07, 6.45) is 2.48. The van der Waals surface area contributed by atoms with Gasteiger partial charge in [-0.05, 0) is 30.7 Å². The smallest absolute Gasteiger partial charge is 0.265 e. The molecular weight excluding hydrogens is 400 g/mol. The largest absolute Gasteiger partial charge is 0.348 e. The van der Waals surface area contributed by atoms with Crippen LogP contribution in [-0.2, 0) is 14.8 Å². The van der Waals surface area contributed by atoms with Crippen molar-refractivity contribution in [3.05, 3.63) is 16.3 Å². The fourth-order valence-corrected chi connectivity index (χ4v) is 6.41. The van der Waals surface area contributed by atoms with Gasteiger partial charge in [-0.15, -0.1) is 11.3 Å². The summed E-state index contributed by atoms with van der Waals surface area (Å²) in [5.41, 5.74) is 0. The first-order valence-corrected chi connectivity index (χ1v) is 11.9. The minimum absolute atomic E-state index is 0.0389. The van der Waals surface area contributed by atoms with Crippen molar-refractivity contribution < 1.29 is 18.0 Å². The van der Waals surface area contributed by atoms with Gasteiger partial charge in [0, 0.05) is 53.4 Å². The first-order chi connectivity index (χ1) is 13.3. The SMILES string of the molecule is CN(C)C(=O)CN1CCCN(C(=O)c2sccc2S(=O)(=O)N2CCCC2)CC1. The maximum Gasteiger partial charge on any atom is 0.265 e. The van der Waals surface area contributed by atoms with E-state index in [0.29, 0.717) is 44.1 Å². The van der Waals surface area contributed by atoms with Gasteiger partial charge < -0.3 is 9.80 Å². The Kier molecular flexibility index (Phi) is 6.74. The van der Waals surface area contributed by atoms with E-state index in [4.69, 9.17) is 0 Å². The molecule has 0 radical (unpaired) electrons. The van der Waals surface area contributed by atoms with Crippen molar-refractivity contribution in [2.75, 3.05) is 59.9 Å². The minimum atomic E-state index is -3.62. The first kappa shape index (κ1) is 21.2. The lowest BCUT2D eigenvalue weighted by Crippen LogP contribution is -2.39. The van der Waals surface area contributed by atoms with Gasteiger partial charge in [0.1, 0.15) is 9.77 Å². The molecule has 10 heteroatoms. The Morgan fingerprint density at radius 3 is 2.43 bits per heavy atom. The van der Waals surface area contributed by atoms with E-state index in [1.54, 1.807) is 35.3 Å². The monoisotopic (exact) mass is 428 g/mol. The van der Waals surface area contributed by atoms with Gasteiger partial charge in [0.05, 0.1) is 6.54 Å². The number of carbonyl (C=O) groups excluding carboxylic acids is 2. The van der Waals surface area contributed by atoms with E-state index in [-0.39, 0.29) is 16.7 Å². The summed E-state index contributed by atoms with van der Waals surface area (Å²) in [7, 11) is -0.157. The second-order valence-corrected chi connectivity index (χ2v) is 10.3. The molecule has 0 atom stereocenters. The minimum Gasteiger partial charge on any atom is -0.348 e. The van der Waals surface area contributed by atoms with Crippen LogP contribution < -0.4 is 0 Å². The van der Waals surface area contributed by atoms with Gasteiger partial charge in [-0.25, -0.2) is 8.42 Å². The molecule has 0 aromatic carbocycles. The fraction of sp³-hybridized carbons (Fsp3) is 0.667. The fourth-order valence-electron chi connectivity index (χ4n) is 3.53. The lowest BCUT2D eigenvalue weighted by molar-refractivity contribution is -0.129. The molecule has 1 aromatic rings. The summed E-state index contributed by atoms with van der Waals surface area (Å²) in [5, 5.41) is 1.68. The summed E-state index contributed by atoms with van der Waals surface area (Å²) in [5.74, 6) is -0.189. The Balaban J connectivity index is 1.70. The van der Waals surface area contributed by atoms with Gasteiger partial charge in [-0.1, -0.05) is 0 Å². The predicted molar refractivity (Wildman–Crippen MR) is 108 cm³/mol. The molecule has 0 unspecified atom stereocenters. The predicted octanol–water partition coefficient (Wildman–Crippen LogP) is 0.769. The lowest BCUT2D eigenvalue weighted by Gasteiger charge is -2.23. The van der Waals surface area contributed by atoms with Gasteiger partial charge in [0.2, 0.25) is 15.9 Å². The summed E-state index contributed by atoms with van der Waals surface area (Å²) < 4.78 is 27.3. The molecule has 0 N–H and O–H groups in total. The van der Waals surface area contributed by atoms with Crippen LogP contribution in [0.5, 0.6) is 0 Å². The van der Waals surface area contributed by atoms with Gasteiger partial charge >= 0.3 is 0 Å². The Labute approximate surface area is 170 Å². The third kappa shape index (κ3) is 4.56. The summed E-state index contributed by atoms with van der Waals surface area (Å²) in [6.45, 7) is 3.77. The van der Waals surface area contributed by atoms with Crippen LogP contribution in [0.2, 0.25) is 0 Å². The number of hydrogen-bond donors (Lipinski definition) is 0. The van der Waals surface area contributed by atoms with Gasteiger partial charge in [0.15, 0.2) is 0 Å². The van der Waals surface area contributed by atoms with Crippen LogP contribution in [0, 0.1) is 0 Å². The van der Waals surface area contributed by atoms with E-state index in [0.717, 1.165) is 25.8 Å². The van der Waals surface area contributed by atoms with Crippen LogP contribution >= 0.6 is 11.3 Å². The molecule has 2 saturated heterocycles. The van der Waals surface area contributed by atoms with Gasteiger partial charge in [0.25, 0.3) is 5.91 Å². The zero-order valence-electron chi connectivity index (χ0n) is 16.5. The molecule has 156 valence electrons. The van der Waals surface area contributed by atoms with E-state index in [1.807, 2.05) is 4.90 Å². The van der Waals surface area contributed by atoms with Crippen LogP contribution in [0.15, 0.2) is 16.3 Å². The Hall–Kier alpha value is -1.49. The third-order valence-electron chi connectivity index (χ3n) is 5.24. The number of amides is 2. The zero-order chi connectivity index (χ0) is 20.3. The molecule has 0 aliphatic carbocycles. The molecule has 2 aliphatic rings. The average molecular weight is 429 g/mol. The van der Waals surface area contributed by atoms with Crippen molar-refractivity contribution in [1.82, 2.24) is 19.0 Å². The third-order valence-corrected chi connectivity index (χ3v) is 8.21. The molecule has 0 saturated carbocycles. The van der Waals surface area contributed by atoms with E-state index in [2.05, 4.69) is 0 Å². The number of nitrogens with zero attached hydrogens (tertiary/aromatic N) is 4. The number of rotatable bonds is 5. The van der Waals surface area contributed by atoms with E-state index >= 15 is 0 Å². The van der Waals surface area contributed by atoms with Crippen molar-refractivity contribution in [2.45, 2.75) is 24.2 Å². The maximum absolute atomic E-state index is 13.1. The molecule has 3 heterocycles. The van der Waals surface area contributed by atoms with Crippen LogP contribution in [0.3, 0.4) is 0 Å². The number of sulfonamides is 1. The summed E-state index contributed by atoms with van der Waals surface area (Å²) >= 11 is 1.19. The molecule has 2 fully saturated rings. The van der Waals surface area contributed by atoms with Crippen molar-refractivity contribution in [1.29, 1.82) is 0 Å². The number of likely N-dealkylation sites (N-methyl/N-ethyl adjacent to an activating group) is 1. The average Bonchev–Trinajstić information content (AvgIpc) is 3.31. The van der Waals surface area contributed by atoms with Crippen molar-refractivity contribution in [2.24, 2.45) is 0 Å². The standard InChI is InChI=1S/C18H28N4O4S2/c1-19(2)16(23)14-20-7-5-8-21(12-11-20)18(24)17-15(6-13-27-17)28(25,26)22-9-3-4-10-22/h6,13H,3-5,7-12,14H2,1-2H3. The second kappa shape index (κ2) is 8.89. The molecule has 1 aromatic heterocycles. The van der Waals surface area contributed by atoms with Crippen LogP contribution in [0.4, 0.5) is 0 Å². The van der Waals surface area contributed by atoms with Gasteiger partial charge in [-0.2, -0.15) is 4.31 Å². The quantitative estimate of drug-likeness (QED) is 0.692. The highest BCUT2D eigenvalue weighted by Crippen LogP contribution is 2.29. The zero-order valence-corrected chi connectivity index (χ0v) is 18.1. The summed E-state index contributed by atoms with van der Waals surface area (Å²) in [4.78, 5) is 30.8. The molecule has 2 aliphatic heterocycles. The number of thiophene rings is 1. The topological polar surface area (TPSA) is 81.2 Å². The van der Waals surface area contributed by atoms with Gasteiger partial charge in [-0.3, -0.25) is 14.5 Å². The van der Waals surface area contributed by atoms with E-state index < -0.39 is 10.0 Å². The van der Waals surface area contributed by atoms with Crippen LogP contribution in [0.1, 0.15) is 28.9 Å². The lowest BCUT2D eigenvalue weighted by atomic mass is 10.3. The van der Waals surface area contributed by atoms with Crippen LogP contribution in [-0.4, -0.2) is 99.1 Å². The normalized spacial score (nSPS) is 19.6. The summed E-state index contributed by atoms with van der Waals surface area (Å²) in [6, 6.07) is 1.55. The Bertz CT molecular complexity index is 815. The number of hydrogen-bond acceptors (Lipinski definition) is 6. The molecule has 8 nitrogen and oxygen atoms in total. The first-order valence-electron chi connectivity index (χ1n) is 9.60. The second-order valence-electron chi connectivity index (χ2n) is 7.44. The highest BCUT2D eigenvalue weighted by Gasteiger charge is 2.33. The molecule has 0 spiro atoms. The maximum atomic E-state index is 13.1. The molecule has 28 heavy (non-hydrogen) atoms. The van der Waals surface area contributed by atoms with Crippen molar-refractivity contribution >= 4 is 33.2 Å². The van der Waals surface area contributed by atoms with E-state index in [1.165, 1.54) is 15.6 Å². The number of carbonyl (C=O) groups is 2. The highest BCUT2D eigenvalue weighted by atomic mass is 32.2. The molecule has 0 bridgehead atoms. The Morgan fingerprint density at radius 2 is 1.75 bits per heavy atom. The van der Waals surface area contributed by atoms with Crippen LogP contribution in [0.25, 0.3) is 0 Å². The van der Waals surface area contributed by atoms with Crippen molar-refractivity contribution in [3.63, 3.8) is 0 Å². The van der Waals surface area contributed by atoms with E-state index in [9.17, 15) is 18.0 Å². The van der Waals surface area contributed by atoms with Crippen molar-refractivity contribution in [3.8, 4) is 0 Å².